The molecule has 0 aliphatic carbocycles. The first-order valence-electron chi connectivity index (χ1n) is 5.85. The molecule has 3 N–H and O–H groups in total. The average Bonchev–Trinajstić information content (AvgIpc) is 2.42. The van der Waals surface area contributed by atoms with Gasteiger partial charge in [-0.25, -0.2) is 4.72 Å². The molecule has 0 saturated carbocycles. The molecule has 1 heterocycles. The molecule has 17 heavy (non-hydrogen) atoms. The standard InChI is InChI=1S/C10H23N3O2S.ClH/c1-10(2,11)9-12-16(14,15)13-7-5-3-4-6-8-13;/h12H,3-9,11H2,1-2H3;1H. The highest BCUT2D eigenvalue weighted by Gasteiger charge is 2.24. The van der Waals surface area contributed by atoms with Gasteiger partial charge in [0.1, 0.15) is 0 Å². The van der Waals surface area contributed by atoms with Gasteiger partial charge in [0.25, 0.3) is 10.2 Å². The lowest BCUT2D eigenvalue weighted by molar-refractivity contribution is 0.405. The highest BCUT2D eigenvalue weighted by atomic mass is 35.5. The predicted molar refractivity (Wildman–Crippen MR) is 72.5 cm³/mol. The summed E-state index contributed by atoms with van der Waals surface area (Å²) in [6.45, 7) is 5.13. The highest BCUT2D eigenvalue weighted by molar-refractivity contribution is 7.87. The lowest BCUT2D eigenvalue weighted by Gasteiger charge is -2.24. The second kappa shape index (κ2) is 6.89. The van der Waals surface area contributed by atoms with Gasteiger partial charge in [-0.15, -0.1) is 12.4 Å². The number of hydrogen-bond acceptors (Lipinski definition) is 3. The smallest absolute Gasteiger partial charge is 0.279 e. The molecule has 0 atom stereocenters. The van der Waals surface area contributed by atoms with Crippen LogP contribution in [-0.2, 0) is 10.2 Å². The first kappa shape index (κ1) is 17.1. The quantitative estimate of drug-likeness (QED) is 0.804. The molecule has 1 saturated heterocycles. The zero-order valence-electron chi connectivity index (χ0n) is 10.6. The number of nitrogens with zero attached hydrogens (tertiary/aromatic N) is 1. The molecule has 1 rings (SSSR count). The predicted octanol–water partition coefficient (Wildman–Crippen LogP) is 0.856. The van der Waals surface area contributed by atoms with E-state index in [1.165, 1.54) is 4.31 Å². The minimum Gasteiger partial charge on any atom is -0.324 e. The van der Waals surface area contributed by atoms with E-state index in [-0.39, 0.29) is 19.0 Å². The van der Waals surface area contributed by atoms with Crippen molar-refractivity contribution in [2.24, 2.45) is 5.73 Å². The second-order valence-electron chi connectivity index (χ2n) is 5.13. The molecule has 0 aromatic carbocycles. The Morgan fingerprint density at radius 1 is 1.18 bits per heavy atom. The molecular formula is C10H24ClN3O2S. The van der Waals surface area contributed by atoms with Crippen LogP contribution in [0.2, 0.25) is 0 Å². The molecule has 0 amide bonds. The zero-order chi connectivity index (χ0) is 12.2. The van der Waals surface area contributed by atoms with Crippen LogP contribution in [0.1, 0.15) is 39.5 Å². The summed E-state index contributed by atoms with van der Waals surface area (Å²) in [5.74, 6) is 0. The molecule has 0 unspecified atom stereocenters. The zero-order valence-corrected chi connectivity index (χ0v) is 12.2. The van der Waals surface area contributed by atoms with Gasteiger partial charge in [0.15, 0.2) is 0 Å². The van der Waals surface area contributed by atoms with Crippen LogP contribution < -0.4 is 10.5 Å². The number of halogens is 1. The minimum atomic E-state index is -3.34. The van der Waals surface area contributed by atoms with Gasteiger partial charge in [0.05, 0.1) is 0 Å². The molecule has 0 bridgehead atoms. The average molecular weight is 286 g/mol. The van der Waals surface area contributed by atoms with E-state index in [4.69, 9.17) is 5.73 Å². The van der Waals surface area contributed by atoms with Gasteiger partial charge < -0.3 is 5.73 Å². The van der Waals surface area contributed by atoms with E-state index in [9.17, 15) is 8.42 Å². The summed E-state index contributed by atoms with van der Waals surface area (Å²) in [5, 5.41) is 0. The van der Waals surface area contributed by atoms with Crippen molar-refractivity contribution in [2.45, 2.75) is 45.1 Å². The van der Waals surface area contributed by atoms with Gasteiger partial charge in [-0.3, -0.25) is 0 Å². The van der Waals surface area contributed by atoms with E-state index in [0.29, 0.717) is 13.1 Å². The number of rotatable bonds is 4. The van der Waals surface area contributed by atoms with E-state index >= 15 is 0 Å². The Labute approximate surface area is 111 Å². The van der Waals surface area contributed by atoms with E-state index in [1.54, 1.807) is 13.8 Å². The number of nitrogens with one attached hydrogen (secondary N) is 1. The maximum absolute atomic E-state index is 11.9. The first-order valence-corrected chi connectivity index (χ1v) is 7.29. The summed E-state index contributed by atoms with van der Waals surface area (Å²) >= 11 is 0. The summed E-state index contributed by atoms with van der Waals surface area (Å²) in [5.41, 5.74) is 5.24. The molecule has 5 nitrogen and oxygen atoms in total. The van der Waals surface area contributed by atoms with Crippen molar-refractivity contribution in [1.29, 1.82) is 0 Å². The summed E-state index contributed by atoms with van der Waals surface area (Å²) in [6, 6.07) is 0. The molecule has 0 spiro atoms. The molecule has 0 radical (unpaired) electrons. The van der Waals surface area contributed by atoms with Gasteiger partial charge in [0, 0.05) is 25.2 Å². The third-order valence-electron chi connectivity index (χ3n) is 2.62. The van der Waals surface area contributed by atoms with Crippen LogP contribution >= 0.6 is 12.4 Å². The molecule has 7 heteroatoms. The fourth-order valence-corrected chi connectivity index (χ4v) is 3.13. The Bertz CT molecular complexity index is 306. The van der Waals surface area contributed by atoms with E-state index < -0.39 is 15.7 Å². The van der Waals surface area contributed by atoms with Crippen LogP contribution in [0.15, 0.2) is 0 Å². The highest BCUT2D eigenvalue weighted by Crippen LogP contribution is 2.12. The van der Waals surface area contributed by atoms with Crippen molar-refractivity contribution in [2.75, 3.05) is 19.6 Å². The summed E-state index contributed by atoms with van der Waals surface area (Å²) < 4.78 is 28.0. The lowest BCUT2D eigenvalue weighted by atomic mass is 10.1. The third kappa shape index (κ3) is 6.57. The van der Waals surface area contributed by atoms with Crippen LogP contribution in [0, 0.1) is 0 Å². The van der Waals surface area contributed by atoms with Crippen LogP contribution in [-0.4, -0.2) is 37.9 Å². The van der Waals surface area contributed by atoms with Gasteiger partial charge in [0.2, 0.25) is 0 Å². The Hall–Kier alpha value is 0.120. The fraction of sp³-hybridized carbons (Fsp3) is 1.00. The molecular weight excluding hydrogens is 262 g/mol. The maximum Gasteiger partial charge on any atom is 0.279 e. The van der Waals surface area contributed by atoms with E-state index in [2.05, 4.69) is 4.72 Å². The summed E-state index contributed by atoms with van der Waals surface area (Å²) in [6.07, 6.45) is 4.14. The summed E-state index contributed by atoms with van der Waals surface area (Å²) in [7, 11) is -3.34. The normalized spacial score (nSPS) is 19.5. The van der Waals surface area contributed by atoms with Crippen molar-refractivity contribution in [3.63, 3.8) is 0 Å². The Balaban J connectivity index is 0.00000256. The molecule has 1 aliphatic rings. The molecule has 104 valence electrons. The molecule has 0 aromatic rings. The topological polar surface area (TPSA) is 75.4 Å². The Kier molecular flexibility index (Phi) is 6.94. The van der Waals surface area contributed by atoms with Crippen LogP contribution in [0.3, 0.4) is 0 Å². The van der Waals surface area contributed by atoms with Gasteiger partial charge in [-0.1, -0.05) is 12.8 Å². The largest absolute Gasteiger partial charge is 0.324 e. The Morgan fingerprint density at radius 3 is 2.06 bits per heavy atom. The Morgan fingerprint density at radius 2 is 1.65 bits per heavy atom. The van der Waals surface area contributed by atoms with Gasteiger partial charge >= 0.3 is 0 Å². The summed E-state index contributed by atoms with van der Waals surface area (Å²) in [4.78, 5) is 0. The van der Waals surface area contributed by atoms with E-state index in [0.717, 1.165) is 25.7 Å². The van der Waals surface area contributed by atoms with Gasteiger partial charge in [-0.2, -0.15) is 12.7 Å². The molecule has 1 fully saturated rings. The van der Waals surface area contributed by atoms with Gasteiger partial charge in [-0.05, 0) is 26.7 Å². The second-order valence-corrected chi connectivity index (χ2v) is 6.88. The fourth-order valence-electron chi connectivity index (χ4n) is 1.65. The van der Waals surface area contributed by atoms with Crippen LogP contribution in [0.5, 0.6) is 0 Å². The SMILES string of the molecule is CC(C)(N)CNS(=O)(=O)N1CCCCCC1.Cl. The maximum atomic E-state index is 11.9. The van der Waals surface area contributed by atoms with Crippen molar-refractivity contribution in [3.05, 3.63) is 0 Å². The number of hydrogen-bond donors (Lipinski definition) is 2. The first-order chi connectivity index (χ1) is 7.31. The van der Waals surface area contributed by atoms with Crippen molar-refractivity contribution in [3.8, 4) is 0 Å². The van der Waals surface area contributed by atoms with Crippen molar-refractivity contribution >= 4 is 22.6 Å². The van der Waals surface area contributed by atoms with Crippen LogP contribution in [0.4, 0.5) is 0 Å². The van der Waals surface area contributed by atoms with E-state index in [1.807, 2.05) is 0 Å². The van der Waals surface area contributed by atoms with Crippen molar-refractivity contribution in [1.82, 2.24) is 9.03 Å². The van der Waals surface area contributed by atoms with Crippen LogP contribution in [0.25, 0.3) is 0 Å². The monoisotopic (exact) mass is 285 g/mol. The molecule has 1 aliphatic heterocycles. The van der Waals surface area contributed by atoms with Crippen molar-refractivity contribution < 1.29 is 8.42 Å². The number of nitrogens with two attached hydrogens (primary N) is 1. The lowest BCUT2D eigenvalue weighted by Crippen LogP contribution is -2.49. The minimum absolute atomic E-state index is 0. The third-order valence-corrected chi connectivity index (χ3v) is 4.17. The molecule has 0 aromatic heterocycles.